The molecule has 0 spiro atoms. The molecule has 1 N–H and O–H groups in total. The summed E-state index contributed by atoms with van der Waals surface area (Å²) in [5, 5.41) is 3.57. The number of aromatic nitrogens is 1. The van der Waals surface area contributed by atoms with Crippen LogP contribution in [0.2, 0.25) is 0 Å². The molecule has 18 heavy (non-hydrogen) atoms. The number of pyridine rings is 1. The quantitative estimate of drug-likeness (QED) is 0.926. The Kier molecular flexibility index (Phi) is 4.76. The Morgan fingerprint density at radius 1 is 1.39 bits per heavy atom. The van der Waals surface area contributed by atoms with E-state index in [1.165, 1.54) is 31.5 Å². The lowest BCUT2D eigenvalue weighted by Gasteiger charge is -2.38. The molecule has 0 amide bonds. The second-order valence-corrected chi connectivity index (χ2v) is 6.64. The molecule has 1 aliphatic rings. The maximum atomic E-state index is 4.18. The first-order valence-corrected chi connectivity index (χ1v) is 7.35. The van der Waals surface area contributed by atoms with Crippen molar-refractivity contribution in [2.24, 2.45) is 5.41 Å². The van der Waals surface area contributed by atoms with Crippen molar-refractivity contribution in [3.63, 3.8) is 0 Å². The van der Waals surface area contributed by atoms with E-state index in [9.17, 15) is 0 Å². The zero-order valence-corrected chi connectivity index (χ0v) is 12.8. The number of rotatable bonds is 4. The Bertz CT molecular complexity index is 386. The predicted octanol–water partition coefficient (Wildman–Crippen LogP) is 2.67. The fourth-order valence-electron chi connectivity index (χ4n) is 2.40. The highest BCUT2D eigenvalue weighted by molar-refractivity contribution is 9.10. The molecule has 0 aromatic carbocycles. The fourth-order valence-corrected chi connectivity index (χ4v) is 2.81. The van der Waals surface area contributed by atoms with Gasteiger partial charge in [-0.25, -0.2) is 0 Å². The van der Waals surface area contributed by atoms with Crippen LogP contribution in [0.3, 0.4) is 0 Å². The molecule has 1 aliphatic heterocycles. The summed E-state index contributed by atoms with van der Waals surface area (Å²) in [6.45, 7) is 6.82. The number of hydrogen-bond acceptors (Lipinski definition) is 3. The van der Waals surface area contributed by atoms with Gasteiger partial charge in [-0.2, -0.15) is 0 Å². The van der Waals surface area contributed by atoms with Crippen LogP contribution in [0.15, 0.2) is 22.9 Å². The van der Waals surface area contributed by atoms with E-state index < -0.39 is 0 Å². The van der Waals surface area contributed by atoms with Crippen LogP contribution in [0.4, 0.5) is 0 Å². The van der Waals surface area contributed by atoms with Crippen LogP contribution in [0.1, 0.15) is 25.3 Å². The smallest absolute Gasteiger partial charge is 0.0410 e. The molecule has 0 saturated carbocycles. The Labute approximate surface area is 118 Å². The summed E-state index contributed by atoms with van der Waals surface area (Å²) in [5.74, 6) is 0. The van der Waals surface area contributed by atoms with Crippen molar-refractivity contribution in [2.75, 3.05) is 26.7 Å². The molecule has 1 aromatic heterocycles. The standard InChI is InChI=1S/C14H22BrN3/c1-14(3-5-18(2)6-4-14)11-17-9-12-7-13(15)10-16-8-12/h7-8,10,17H,3-6,9,11H2,1-2H3. The third kappa shape index (κ3) is 4.04. The molecule has 1 aromatic rings. The SMILES string of the molecule is CN1CCC(C)(CNCc2cncc(Br)c2)CC1. The molecule has 1 fully saturated rings. The van der Waals surface area contributed by atoms with Crippen LogP contribution in [0, 0.1) is 5.41 Å². The highest BCUT2D eigenvalue weighted by Gasteiger charge is 2.28. The van der Waals surface area contributed by atoms with Crippen molar-refractivity contribution in [1.82, 2.24) is 15.2 Å². The molecule has 2 rings (SSSR count). The zero-order valence-electron chi connectivity index (χ0n) is 11.2. The summed E-state index contributed by atoms with van der Waals surface area (Å²) in [6, 6.07) is 2.12. The van der Waals surface area contributed by atoms with E-state index in [1.807, 2.05) is 12.4 Å². The van der Waals surface area contributed by atoms with Crippen LogP contribution < -0.4 is 5.32 Å². The van der Waals surface area contributed by atoms with Gasteiger partial charge in [0.15, 0.2) is 0 Å². The molecule has 0 unspecified atom stereocenters. The van der Waals surface area contributed by atoms with Gasteiger partial charge in [-0.3, -0.25) is 4.98 Å². The van der Waals surface area contributed by atoms with Crippen LogP contribution in [-0.2, 0) is 6.54 Å². The molecule has 0 aliphatic carbocycles. The lowest BCUT2D eigenvalue weighted by atomic mass is 9.80. The largest absolute Gasteiger partial charge is 0.312 e. The topological polar surface area (TPSA) is 28.2 Å². The predicted molar refractivity (Wildman–Crippen MR) is 78.5 cm³/mol. The number of likely N-dealkylation sites (tertiary alicyclic amines) is 1. The molecule has 2 heterocycles. The van der Waals surface area contributed by atoms with E-state index in [0.717, 1.165) is 17.6 Å². The van der Waals surface area contributed by atoms with E-state index in [0.29, 0.717) is 5.41 Å². The van der Waals surface area contributed by atoms with Crippen molar-refractivity contribution in [3.8, 4) is 0 Å². The van der Waals surface area contributed by atoms with E-state index in [2.05, 4.69) is 51.2 Å². The minimum Gasteiger partial charge on any atom is -0.312 e. The van der Waals surface area contributed by atoms with Gasteiger partial charge in [0.05, 0.1) is 0 Å². The Morgan fingerprint density at radius 2 is 2.11 bits per heavy atom. The molecule has 0 radical (unpaired) electrons. The number of piperidine rings is 1. The van der Waals surface area contributed by atoms with Gasteiger partial charge in [0.1, 0.15) is 0 Å². The minimum absolute atomic E-state index is 0.450. The van der Waals surface area contributed by atoms with Crippen molar-refractivity contribution in [1.29, 1.82) is 0 Å². The van der Waals surface area contributed by atoms with Gasteiger partial charge in [0.25, 0.3) is 0 Å². The van der Waals surface area contributed by atoms with E-state index in [-0.39, 0.29) is 0 Å². The first-order chi connectivity index (χ1) is 8.57. The van der Waals surface area contributed by atoms with Crippen LogP contribution in [0.25, 0.3) is 0 Å². The van der Waals surface area contributed by atoms with Gasteiger partial charge in [-0.15, -0.1) is 0 Å². The molecule has 1 saturated heterocycles. The van der Waals surface area contributed by atoms with Gasteiger partial charge >= 0.3 is 0 Å². The summed E-state index contributed by atoms with van der Waals surface area (Å²) in [7, 11) is 2.21. The fraction of sp³-hybridized carbons (Fsp3) is 0.643. The van der Waals surface area contributed by atoms with Crippen LogP contribution in [-0.4, -0.2) is 36.6 Å². The second-order valence-electron chi connectivity index (χ2n) is 5.73. The molecular weight excluding hydrogens is 290 g/mol. The first-order valence-electron chi connectivity index (χ1n) is 6.56. The van der Waals surface area contributed by atoms with Crippen LogP contribution in [0.5, 0.6) is 0 Å². The molecule has 3 nitrogen and oxygen atoms in total. The Balaban J connectivity index is 1.78. The average Bonchev–Trinajstić information content (AvgIpc) is 2.34. The molecule has 4 heteroatoms. The summed E-state index contributed by atoms with van der Waals surface area (Å²) in [6.07, 6.45) is 6.32. The summed E-state index contributed by atoms with van der Waals surface area (Å²) < 4.78 is 1.05. The molecular formula is C14H22BrN3. The maximum absolute atomic E-state index is 4.18. The average molecular weight is 312 g/mol. The lowest BCUT2D eigenvalue weighted by molar-refractivity contribution is 0.137. The third-order valence-corrected chi connectivity index (χ3v) is 4.27. The van der Waals surface area contributed by atoms with Gasteiger partial charge in [0.2, 0.25) is 0 Å². The highest BCUT2D eigenvalue weighted by Crippen LogP contribution is 2.29. The van der Waals surface area contributed by atoms with E-state index >= 15 is 0 Å². The lowest BCUT2D eigenvalue weighted by Crippen LogP contribution is -2.41. The normalized spacial score (nSPS) is 19.9. The maximum Gasteiger partial charge on any atom is 0.0410 e. The molecule has 0 atom stereocenters. The van der Waals surface area contributed by atoms with Crippen LogP contribution >= 0.6 is 15.9 Å². The first kappa shape index (κ1) is 14.0. The van der Waals surface area contributed by atoms with Gasteiger partial charge < -0.3 is 10.2 Å². The van der Waals surface area contributed by atoms with Crippen molar-refractivity contribution < 1.29 is 0 Å². The van der Waals surface area contributed by atoms with Gasteiger partial charge in [-0.05, 0) is 66.0 Å². The number of nitrogens with one attached hydrogen (secondary N) is 1. The molecule has 0 bridgehead atoms. The second kappa shape index (κ2) is 6.13. The molecule has 100 valence electrons. The van der Waals surface area contributed by atoms with E-state index in [1.54, 1.807) is 0 Å². The Hall–Kier alpha value is -0.450. The van der Waals surface area contributed by atoms with E-state index in [4.69, 9.17) is 0 Å². The summed E-state index contributed by atoms with van der Waals surface area (Å²) >= 11 is 3.45. The zero-order chi connectivity index (χ0) is 13.0. The van der Waals surface area contributed by atoms with Gasteiger partial charge in [0, 0.05) is 30.0 Å². The number of nitrogens with zero attached hydrogens (tertiary/aromatic N) is 2. The number of hydrogen-bond donors (Lipinski definition) is 1. The summed E-state index contributed by atoms with van der Waals surface area (Å²) in [5.41, 5.74) is 1.69. The summed E-state index contributed by atoms with van der Waals surface area (Å²) in [4.78, 5) is 6.60. The Morgan fingerprint density at radius 3 is 2.78 bits per heavy atom. The number of halogens is 1. The minimum atomic E-state index is 0.450. The van der Waals surface area contributed by atoms with Crippen molar-refractivity contribution in [2.45, 2.75) is 26.3 Å². The monoisotopic (exact) mass is 311 g/mol. The van der Waals surface area contributed by atoms with Crippen molar-refractivity contribution >= 4 is 15.9 Å². The van der Waals surface area contributed by atoms with Crippen molar-refractivity contribution in [3.05, 3.63) is 28.5 Å². The third-order valence-electron chi connectivity index (χ3n) is 3.84. The highest BCUT2D eigenvalue weighted by atomic mass is 79.9. The van der Waals surface area contributed by atoms with Gasteiger partial charge in [-0.1, -0.05) is 6.92 Å².